The van der Waals surface area contributed by atoms with Gasteiger partial charge < -0.3 is 10.1 Å². The van der Waals surface area contributed by atoms with E-state index in [0.717, 1.165) is 25.7 Å². The largest absolute Gasteiger partial charge is 0.380 e. The molecule has 0 saturated heterocycles. The Kier molecular flexibility index (Phi) is 5.02. The second kappa shape index (κ2) is 6.77. The number of benzene rings is 1. The SMILES string of the molecule is CCCCOCCNC1CC1c1ccccc1. The maximum absolute atomic E-state index is 5.53. The Hall–Kier alpha value is -0.860. The van der Waals surface area contributed by atoms with E-state index < -0.39 is 0 Å². The summed E-state index contributed by atoms with van der Waals surface area (Å²) in [6.45, 7) is 4.93. The molecule has 0 aromatic heterocycles. The van der Waals surface area contributed by atoms with E-state index in [2.05, 4.69) is 42.6 Å². The van der Waals surface area contributed by atoms with Crippen LogP contribution >= 0.6 is 0 Å². The van der Waals surface area contributed by atoms with Gasteiger partial charge in [-0.3, -0.25) is 0 Å². The van der Waals surface area contributed by atoms with E-state index in [1.807, 2.05) is 0 Å². The Morgan fingerprint density at radius 2 is 2.06 bits per heavy atom. The minimum Gasteiger partial charge on any atom is -0.380 e. The molecule has 2 rings (SSSR count). The number of ether oxygens (including phenoxy) is 1. The Morgan fingerprint density at radius 1 is 1.24 bits per heavy atom. The van der Waals surface area contributed by atoms with Crippen LogP contribution in [-0.2, 0) is 4.74 Å². The molecule has 0 heterocycles. The van der Waals surface area contributed by atoms with E-state index >= 15 is 0 Å². The summed E-state index contributed by atoms with van der Waals surface area (Å²) in [5.41, 5.74) is 1.47. The molecule has 1 aliphatic carbocycles. The summed E-state index contributed by atoms with van der Waals surface area (Å²) in [7, 11) is 0. The molecule has 1 aliphatic rings. The van der Waals surface area contributed by atoms with Crippen LogP contribution in [0.4, 0.5) is 0 Å². The van der Waals surface area contributed by atoms with Crippen molar-refractivity contribution in [1.29, 1.82) is 0 Å². The molecule has 94 valence electrons. The standard InChI is InChI=1S/C15H23NO/c1-2-3-10-17-11-9-16-15-12-14(15)13-7-5-4-6-8-13/h4-8,14-16H,2-3,9-12H2,1H3. The molecule has 2 nitrogen and oxygen atoms in total. The lowest BCUT2D eigenvalue weighted by Gasteiger charge is -2.05. The second-order valence-corrected chi connectivity index (χ2v) is 4.78. The van der Waals surface area contributed by atoms with Gasteiger partial charge >= 0.3 is 0 Å². The van der Waals surface area contributed by atoms with Crippen LogP contribution in [0.1, 0.15) is 37.7 Å². The van der Waals surface area contributed by atoms with E-state index in [9.17, 15) is 0 Å². The van der Waals surface area contributed by atoms with Crippen molar-refractivity contribution < 1.29 is 4.74 Å². The molecule has 2 atom stereocenters. The third kappa shape index (κ3) is 4.14. The normalized spacial score (nSPS) is 22.6. The molecule has 0 aliphatic heterocycles. The van der Waals surface area contributed by atoms with E-state index in [4.69, 9.17) is 4.74 Å². The summed E-state index contributed by atoms with van der Waals surface area (Å²) in [6.07, 6.45) is 3.67. The van der Waals surface area contributed by atoms with Gasteiger partial charge in [0.1, 0.15) is 0 Å². The summed E-state index contributed by atoms with van der Waals surface area (Å²) in [5, 5.41) is 3.56. The van der Waals surface area contributed by atoms with Crippen molar-refractivity contribution in [1.82, 2.24) is 5.32 Å². The summed E-state index contributed by atoms with van der Waals surface area (Å²) in [6, 6.07) is 11.5. The maximum Gasteiger partial charge on any atom is 0.0591 e. The monoisotopic (exact) mass is 233 g/mol. The van der Waals surface area contributed by atoms with E-state index in [1.54, 1.807) is 0 Å². The lowest BCUT2D eigenvalue weighted by Crippen LogP contribution is -2.23. The Morgan fingerprint density at radius 3 is 2.82 bits per heavy atom. The zero-order valence-corrected chi connectivity index (χ0v) is 10.7. The number of unbranched alkanes of at least 4 members (excludes halogenated alkanes) is 1. The Bertz CT molecular complexity index is 312. The quantitative estimate of drug-likeness (QED) is 0.697. The summed E-state index contributed by atoms with van der Waals surface area (Å²) >= 11 is 0. The van der Waals surface area contributed by atoms with Gasteiger partial charge in [0.25, 0.3) is 0 Å². The molecule has 1 saturated carbocycles. The maximum atomic E-state index is 5.53. The first-order chi connectivity index (χ1) is 8.42. The number of nitrogens with one attached hydrogen (secondary N) is 1. The van der Waals surface area contributed by atoms with Crippen LogP contribution in [0.5, 0.6) is 0 Å². The smallest absolute Gasteiger partial charge is 0.0591 e. The van der Waals surface area contributed by atoms with Gasteiger partial charge in [-0.05, 0) is 18.4 Å². The summed E-state index contributed by atoms with van der Waals surface area (Å²) in [4.78, 5) is 0. The van der Waals surface area contributed by atoms with Crippen molar-refractivity contribution in [3.63, 3.8) is 0 Å². The van der Waals surface area contributed by atoms with Crippen LogP contribution in [0, 0.1) is 0 Å². The molecular weight excluding hydrogens is 210 g/mol. The number of hydrogen-bond donors (Lipinski definition) is 1. The highest BCUT2D eigenvalue weighted by Gasteiger charge is 2.37. The predicted molar refractivity (Wildman–Crippen MR) is 71.3 cm³/mol. The zero-order chi connectivity index (χ0) is 11.9. The molecular formula is C15H23NO. The van der Waals surface area contributed by atoms with Crippen LogP contribution < -0.4 is 5.32 Å². The molecule has 1 fully saturated rings. The first-order valence-electron chi connectivity index (χ1n) is 6.78. The molecule has 0 spiro atoms. The van der Waals surface area contributed by atoms with Crippen LogP contribution in [-0.4, -0.2) is 25.8 Å². The van der Waals surface area contributed by atoms with Gasteiger partial charge in [-0.1, -0.05) is 43.7 Å². The molecule has 2 unspecified atom stereocenters. The van der Waals surface area contributed by atoms with Crippen molar-refractivity contribution in [2.45, 2.75) is 38.1 Å². The molecule has 1 aromatic rings. The third-order valence-electron chi connectivity index (χ3n) is 3.31. The van der Waals surface area contributed by atoms with Gasteiger partial charge in [0.05, 0.1) is 6.61 Å². The molecule has 17 heavy (non-hydrogen) atoms. The fourth-order valence-corrected chi connectivity index (χ4v) is 2.15. The Labute approximate surface area is 104 Å². The van der Waals surface area contributed by atoms with Gasteiger partial charge in [-0.25, -0.2) is 0 Å². The predicted octanol–water partition coefficient (Wildman–Crippen LogP) is 2.95. The number of rotatable bonds is 8. The lowest BCUT2D eigenvalue weighted by atomic mass is 10.1. The second-order valence-electron chi connectivity index (χ2n) is 4.78. The van der Waals surface area contributed by atoms with Gasteiger partial charge in [0.2, 0.25) is 0 Å². The van der Waals surface area contributed by atoms with Gasteiger partial charge in [0, 0.05) is 25.1 Å². The highest BCUT2D eigenvalue weighted by molar-refractivity contribution is 5.27. The molecule has 0 bridgehead atoms. The first kappa shape index (κ1) is 12.6. The fourth-order valence-electron chi connectivity index (χ4n) is 2.15. The molecule has 1 aromatic carbocycles. The topological polar surface area (TPSA) is 21.3 Å². The van der Waals surface area contributed by atoms with Crippen molar-refractivity contribution in [3.05, 3.63) is 35.9 Å². The van der Waals surface area contributed by atoms with Gasteiger partial charge in [-0.2, -0.15) is 0 Å². The van der Waals surface area contributed by atoms with Crippen molar-refractivity contribution >= 4 is 0 Å². The zero-order valence-electron chi connectivity index (χ0n) is 10.7. The Balaban J connectivity index is 1.55. The summed E-state index contributed by atoms with van der Waals surface area (Å²) < 4.78 is 5.53. The van der Waals surface area contributed by atoms with E-state index in [0.29, 0.717) is 6.04 Å². The fraction of sp³-hybridized carbons (Fsp3) is 0.600. The molecule has 1 N–H and O–H groups in total. The van der Waals surface area contributed by atoms with Crippen LogP contribution in [0.25, 0.3) is 0 Å². The van der Waals surface area contributed by atoms with Crippen molar-refractivity contribution in [2.24, 2.45) is 0 Å². The lowest BCUT2D eigenvalue weighted by molar-refractivity contribution is 0.132. The van der Waals surface area contributed by atoms with E-state index in [-0.39, 0.29) is 0 Å². The highest BCUT2D eigenvalue weighted by atomic mass is 16.5. The number of hydrogen-bond acceptors (Lipinski definition) is 2. The van der Waals surface area contributed by atoms with Gasteiger partial charge in [0.15, 0.2) is 0 Å². The summed E-state index contributed by atoms with van der Waals surface area (Å²) in [5.74, 6) is 0.729. The van der Waals surface area contributed by atoms with E-state index in [1.165, 1.54) is 24.8 Å². The average molecular weight is 233 g/mol. The molecule has 0 radical (unpaired) electrons. The van der Waals surface area contributed by atoms with Crippen molar-refractivity contribution in [2.75, 3.05) is 19.8 Å². The average Bonchev–Trinajstić information content (AvgIpc) is 3.14. The molecule has 2 heteroatoms. The van der Waals surface area contributed by atoms with Crippen LogP contribution in [0.3, 0.4) is 0 Å². The van der Waals surface area contributed by atoms with Gasteiger partial charge in [-0.15, -0.1) is 0 Å². The van der Waals surface area contributed by atoms with Crippen LogP contribution in [0.15, 0.2) is 30.3 Å². The first-order valence-corrected chi connectivity index (χ1v) is 6.78. The minimum atomic E-state index is 0.673. The minimum absolute atomic E-state index is 0.673. The third-order valence-corrected chi connectivity index (χ3v) is 3.31. The highest BCUT2D eigenvalue weighted by Crippen LogP contribution is 2.40. The van der Waals surface area contributed by atoms with Crippen molar-refractivity contribution in [3.8, 4) is 0 Å². The van der Waals surface area contributed by atoms with Crippen LogP contribution in [0.2, 0.25) is 0 Å². The molecule has 0 amide bonds.